The molecule has 0 unspecified atom stereocenters. The van der Waals surface area contributed by atoms with Crippen LogP contribution < -0.4 is 10.2 Å². The SMILES string of the molecule is COc1ccc(O)c(/C=N/Nc2cc(C(F)(F)F)ccc2Cl)c1. The third-order valence-corrected chi connectivity index (χ3v) is 3.25. The molecular weight excluding hydrogens is 333 g/mol. The number of phenolic OH excluding ortho intramolecular Hbond substituents is 1. The molecule has 0 fully saturated rings. The van der Waals surface area contributed by atoms with Crippen molar-refractivity contribution in [1.82, 2.24) is 0 Å². The number of rotatable bonds is 4. The molecule has 0 saturated heterocycles. The highest BCUT2D eigenvalue weighted by Gasteiger charge is 2.30. The van der Waals surface area contributed by atoms with Gasteiger partial charge in [-0.15, -0.1) is 0 Å². The number of aromatic hydroxyl groups is 1. The Kier molecular flexibility index (Phi) is 5.00. The highest BCUT2D eigenvalue weighted by atomic mass is 35.5. The minimum atomic E-state index is -4.48. The molecule has 2 aromatic carbocycles. The fourth-order valence-corrected chi connectivity index (χ4v) is 1.88. The van der Waals surface area contributed by atoms with Crippen molar-refractivity contribution in [2.75, 3.05) is 12.5 Å². The van der Waals surface area contributed by atoms with E-state index in [1.54, 1.807) is 6.07 Å². The van der Waals surface area contributed by atoms with Crippen LogP contribution in [0.1, 0.15) is 11.1 Å². The monoisotopic (exact) mass is 344 g/mol. The molecule has 2 N–H and O–H groups in total. The first-order chi connectivity index (χ1) is 10.8. The molecular formula is C15H12ClF3N2O2. The Morgan fingerprint density at radius 1 is 1.22 bits per heavy atom. The van der Waals surface area contributed by atoms with Gasteiger partial charge in [0.05, 0.1) is 29.6 Å². The predicted molar refractivity (Wildman–Crippen MR) is 82.3 cm³/mol. The van der Waals surface area contributed by atoms with Crippen molar-refractivity contribution in [3.63, 3.8) is 0 Å². The van der Waals surface area contributed by atoms with Crippen LogP contribution in [0.4, 0.5) is 18.9 Å². The van der Waals surface area contributed by atoms with Crippen molar-refractivity contribution >= 4 is 23.5 Å². The molecule has 0 amide bonds. The molecule has 0 saturated carbocycles. The smallest absolute Gasteiger partial charge is 0.416 e. The summed E-state index contributed by atoms with van der Waals surface area (Å²) in [6.07, 6.45) is -3.23. The number of phenols is 1. The Bertz CT molecular complexity index is 733. The average molecular weight is 345 g/mol. The van der Waals surface area contributed by atoms with E-state index in [0.29, 0.717) is 11.3 Å². The van der Waals surface area contributed by atoms with Crippen LogP contribution in [-0.2, 0) is 6.18 Å². The van der Waals surface area contributed by atoms with Gasteiger partial charge in [-0.2, -0.15) is 18.3 Å². The number of hydrogen-bond donors (Lipinski definition) is 2. The van der Waals surface area contributed by atoms with E-state index in [-0.39, 0.29) is 16.5 Å². The van der Waals surface area contributed by atoms with E-state index in [2.05, 4.69) is 10.5 Å². The Labute approximate surface area is 135 Å². The number of benzene rings is 2. The van der Waals surface area contributed by atoms with Crippen LogP contribution in [0.15, 0.2) is 41.5 Å². The molecule has 0 aliphatic rings. The average Bonchev–Trinajstić information content (AvgIpc) is 2.49. The second-order valence-electron chi connectivity index (χ2n) is 4.49. The number of alkyl halides is 3. The number of halogens is 4. The summed E-state index contributed by atoms with van der Waals surface area (Å²) in [5.74, 6) is 0.452. The Morgan fingerprint density at radius 2 is 1.96 bits per heavy atom. The van der Waals surface area contributed by atoms with Gasteiger partial charge in [-0.3, -0.25) is 5.43 Å². The van der Waals surface area contributed by atoms with Gasteiger partial charge >= 0.3 is 6.18 Å². The molecule has 0 aliphatic heterocycles. The van der Waals surface area contributed by atoms with Gasteiger partial charge in [-0.05, 0) is 36.4 Å². The van der Waals surface area contributed by atoms with Gasteiger partial charge < -0.3 is 9.84 Å². The van der Waals surface area contributed by atoms with Gasteiger partial charge in [0.1, 0.15) is 11.5 Å². The normalized spacial score (nSPS) is 11.7. The van der Waals surface area contributed by atoms with E-state index in [1.807, 2.05) is 0 Å². The summed E-state index contributed by atoms with van der Waals surface area (Å²) in [4.78, 5) is 0. The molecule has 0 aliphatic carbocycles. The second-order valence-corrected chi connectivity index (χ2v) is 4.89. The summed E-state index contributed by atoms with van der Waals surface area (Å²) in [6, 6.07) is 7.36. The largest absolute Gasteiger partial charge is 0.507 e. The predicted octanol–water partition coefficient (Wildman–Crippen LogP) is 4.52. The molecule has 8 heteroatoms. The van der Waals surface area contributed by atoms with Crippen molar-refractivity contribution in [3.8, 4) is 11.5 Å². The lowest BCUT2D eigenvalue weighted by Gasteiger charge is -2.10. The Hall–Kier alpha value is -2.41. The quantitative estimate of drug-likeness (QED) is 0.633. The van der Waals surface area contributed by atoms with Gasteiger partial charge in [0.2, 0.25) is 0 Å². The fraction of sp³-hybridized carbons (Fsp3) is 0.133. The van der Waals surface area contributed by atoms with E-state index in [1.165, 1.54) is 25.5 Å². The second kappa shape index (κ2) is 6.78. The topological polar surface area (TPSA) is 53.9 Å². The first kappa shape index (κ1) is 17.0. The van der Waals surface area contributed by atoms with Crippen LogP contribution >= 0.6 is 11.6 Å². The number of ether oxygens (including phenoxy) is 1. The molecule has 0 radical (unpaired) electrons. The molecule has 0 spiro atoms. The lowest BCUT2D eigenvalue weighted by atomic mass is 10.2. The maximum atomic E-state index is 12.7. The van der Waals surface area contributed by atoms with Crippen molar-refractivity contribution in [1.29, 1.82) is 0 Å². The number of methoxy groups -OCH3 is 1. The number of hydrogen-bond acceptors (Lipinski definition) is 4. The van der Waals surface area contributed by atoms with Crippen LogP contribution in [-0.4, -0.2) is 18.4 Å². The zero-order chi connectivity index (χ0) is 17.0. The molecule has 122 valence electrons. The lowest BCUT2D eigenvalue weighted by molar-refractivity contribution is -0.137. The zero-order valence-electron chi connectivity index (χ0n) is 11.9. The zero-order valence-corrected chi connectivity index (χ0v) is 12.6. The molecule has 2 aromatic rings. The summed E-state index contributed by atoms with van der Waals surface area (Å²) in [7, 11) is 1.47. The molecule has 0 bridgehead atoms. The first-order valence-electron chi connectivity index (χ1n) is 6.34. The van der Waals surface area contributed by atoms with E-state index >= 15 is 0 Å². The third-order valence-electron chi connectivity index (χ3n) is 2.92. The van der Waals surface area contributed by atoms with Crippen LogP contribution in [0.2, 0.25) is 5.02 Å². The van der Waals surface area contributed by atoms with E-state index < -0.39 is 11.7 Å². The minimum absolute atomic E-state index is 0.000118. The number of nitrogens with zero attached hydrogens (tertiary/aromatic N) is 1. The molecule has 23 heavy (non-hydrogen) atoms. The fourth-order valence-electron chi connectivity index (χ4n) is 1.72. The van der Waals surface area contributed by atoms with Crippen molar-refractivity contribution in [2.45, 2.75) is 6.18 Å². The number of nitrogens with one attached hydrogen (secondary N) is 1. The van der Waals surface area contributed by atoms with Gasteiger partial charge in [-0.25, -0.2) is 0 Å². The molecule has 0 heterocycles. The lowest BCUT2D eigenvalue weighted by Crippen LogP contribution is -2.05. The number of anilines is 1. The van der Waals surface area contributed by atoms with Crippen LogP contribution in [0.5, 0.6) is 11.5 Å². The summed E-state index contributed by atoms with van der Waals surface area (Å²) in [5.41, 5.74) is 1.91. The van der Waals surface area contributed by atoms with Crippen molar-refractivity contribution in [3.05, 3.63) is 52.5 Å². The van der Waals surface area contributed by atoms with Crippen LogP contribution in [0, 0.1) is 0 Å². The maximum Gasteiger partial charge on any atom is 0.416 e. The summed E-state index contributed by atoms with van der Waals surface area (Å²) in [5, 5.41) is 13.6. The van der Waals surface area contributed by atoms with Crippen molar-refractivity contribution in [2.24, 2.45) is 5.10 Å². The maximum absolute atomic E-state index is 12.7. The van der Waals surface area contributed by atoms with Gasteiger partial charge in [-0.1, -0.05) is 11.6 Å². The molecule has 0 aromatic heterocycles. The van der Waals surface area contributed by atoms with Crippen LogP contribution in [0.3, 0.4) is 0 Å². The summed E-state index contributed by atoms with van der Waals surface area (Å²) < 4.78 is 43.0. The summed E-state index contributed by atoms with van der Waals surface area (Å²) in [6.45, 7) is 0. The van der Waals surface area contributed by atoms with Gasteiger partial charge in [0.15, 0.2) is 0 Å². The van der Waals surface area contributed by atoms with Crippen LogP contribution in [0.25, 0.3) is 0 Å². The highest BCUT2D eigenvalue weighted by molar-refractivity contribution is 6.33. The molecule has 2 rings (SSSR count). The first-order valence-corrected chi connectivity index (χ1v) is 6.72. The highest BCUT2D eigenvalue weighted by Crippen LogP contribution is 2.33. The van der Waals surface area contributed by atoms with E-state index in [4.69, 9.17) is 16.3 Å². The summed E-state index contributed by atoms with van der Waals surface area (Å²) >= 11 is 5.83. The Balaban J connectivity index is 2.20. The third kappa shape index (κ3) is 4.29. The van der Waals surface area contributed by atoms with E-state index in [0.717, 1.165) is 18.2 Å². The van der Waals surface area contributed by atoms with Crippen molar-refractivity contribution < 1.29 is 23.0 Å². The van der Waals surface area contributed by atoms with Gasteiger partial charge in [0, 0.05) is 5.56 Å². The minimum Gasteiger partial charge on any atom is -0.507 e. The van der Waals surface area contributed by atoms with Gasteiger partial charge in [0.25, 0.3) is 0 Å². The molecule has 0 atom stereocenters. The Morgan fingerprint density at radius 3 is 2.61 bits per heavy atom. The van der Waals surface area contributed by atoms with E-state index in [9.17, 15) is 18.3 Å². The standard InChI is InChI=1S/C15H12ClF3N2O2/c1-23-11-3-5-14(22)9(6-11)8-20-21-13-7-10(15(17,18)19)2-4-12(13)16/h2-8,21-22H,1H3/b20-8+. The number of hydrazone groups is 1. The molecule has 4 nitrogen and oxygen atoms in total.